The third-order valence-electron chi connectivity index (χ3n) is 4.13. The van der Waals surface area contributed by atoms with Crippen LogP contribution in [0.15, 0.2) is 10.4 Å². The summed E-state index contributed by atoms with van der Waals surface area (Å²) in [6, 6.07) is -0.0186. The molecule has 0 aromatic carbocycles. The second-order valence-corrected chi connectivity index (χ2v) is 9.55. The number of aromatic nitrogens is 2. The molecule has 3 heterocycles. The molecule has 26 heavy (non-hydrogen) atoms. The molecule has 1 saturated heterocycles. The third kappa shape index (κ3) is 3.99. The van der Waals surface area contributed by atoms with Crippen molar-refractivity contribution in [3.63, 3.8) is 0 Å². The van der Waals surface area contributed by atoms with Crippen LogP contribution in [0.1, 0.15) is 29.0 Å². The number of thiazole rings is 1. The maximum Gasteiger partial charge on any atom is 0.269 e. The zero-order valence-corrected chi connectivity index (χ0v) is 16.9. The first-order valence-corrected chi connectivity index (χ1v) is 10.9. The molecule has 2 aromatic heterocycles. The van der Waals surface area contributed by atoms with Gasteiger partial charge < -0.3 is 15.2 Å². The summed E-state index contributed by atoms with van der Waals surface area (Å²) < 4.78 is 22.7. The fourth-order valence-electron chi connectivity index (χ4n) is 2.73. The van der Waals surface area contributed by atoms with Gasteiger partial charge >= 0.3 is 0 Å². The number of anilines is 1. The number of primary sulfonamides is 1. The van der Waals surface area contributed by atoms with Crippen LogP contribution in [0, 0.1) is 6.92 Å². The van der Waals surface area contributed by atoms with Crippen molar-refractivity contribution in [3.05, 3.63) is 27.6 Å². The Morgan fingerprint density at radius 2 is 2.04 bits per heavy atom. The molecule has 1 amide bonds. The van der Waals surface area contributed by atoms with Gasteiger partial charge in [0.05, 0.1) is 16.2 Å². The molecule has 1 aliphatic rings. The van der Waals surface area contributed by atoms with E-state index in [-0.39, 0.29) is 26.9 Å². The topological polar surface area (TPSA) is 121 Å². The molecule has 2 aromatic rings. The standard InChI is InChI=1S/C14H17Cl2N5O3S2/c1-7-10(15)11(16)12(19-7)13(22)20-8-2-4-21(5-3-8)14-18-6-9(25-14)26(17,23)24/h6,8,19H,2-5H2,1H3,(H,20,22)(H2,17,23,24). The monoisotopic (exact) mass is 437 g/mol. The van der Waals surface area contributed by atoms with E-state index in [1.807, 2.05) is 4.90 Å². The molecule has 3 rings (SSSR count). The van der Waals surface area contributed by atoms with Crippen molar-refractivity contribution in [2.45, 2.75) is 30.0 Å². The molecule has 1 aliphatic heterocycles. The van der Waals surface area contributed by atoms with E-state index >= 15 is 0 Å². The molecule has 0 radical (unpaired) electrons. The number of rotatable bonds is 4. The number of hydrogen-bond donors (Lipinski definition) is 3. The molecule has 0 atom stereocenters. The van der Waals surface area contributed by atoms with Crippen molar-refractivity contribution >= 4 is 55.6 Å². The van der Waals surface area contributed by atoms with Crippen LogP contribution in [0.25, 0.3) is 0 Å². The number of aryl methyl sites for hydroxylation is 1. The summed E-state index contributed by atoms with van der Waals surface area (Å²) >= 11 is 13.1. The quantitative estimate of drug-likeness (QED) is 0.675. The molecule has 8 nitrogen and oxygen atoms in total. The van der Waals surface area contributed by atoms with Crippen LogP contribution in [-0.2, 0) is 10.0 Å². The minimum atomic E-state index is -3.74. The van der Waals surface area contributed by atoms with Gasteiger partial charge in [-0.3, -0.25) is 4.79 Å². The number of halogens is 2. The van der Waals surface area contributed by atoms with E-state index in [1.54, 1.807) is 6.92 Å². The van der Waals surface area contributed by atoms with Gasteiger partial charge in [-0.15, -0.1) is 0 Å². The number of hydrogen-bond acceptors (Lipinski definition) is 6. The van der Waals surface area contributed by atoms with Crippen LogP contribution in [0.4, 0.5) is 5.13 Å². The Bertz CT molecular complexity index is 933. The molecule has 0 bridgehead atoms. The second-order valence-electron chi connectivity index (χ2n) is 5.99. The lowest BCUT2D eigenvalue weighted by atomic mass is 10.1. The lowest BCUT2D eigenvalue weighted by molar-refractivity contribution is 0.0926. The Morgan fingerprint density at radius 1 is 1.38 bits per heavy atom. The van der Waals surface area contributed by atoms with Crippen molar-refractivity contribution < 1.29 is 13.2 Å². The second kappa shape index (κ2) is 7.35. The van der Waals surface area contributed by atoms with Crippen LogP contribution < -0.4 is 15.4 Å². The highest BCUT2D eigenvalue weighted by molar-refractivity contribution is 7.91. The van der Waals surface area contributed by atoms with E-state index in [1.165, 1.54) is 6.20 Å². The average molecular weight is 438 g/mol. The van der Waals surface area contributed by atoms with Crippen LogP contribution in [0.2, 0.25) is 10.0 Å². The lowest BCUT2D eigenvalue weighted by Crippen LogP contribution is -2.44. The number of carbonyl (C=O) groups excluding carboxylic acids is 1. The van der Waals surface area contributed by atoms with Gasteiger partial charge in [-0.1, -0.05) is 34.5 Å². The van der Waals surface area contributed by atoms with Gasteiger partial charge in [-0.2, -0.15) is 0 Å². The Labute approximate surface area is 164 Å². The van der Waals surface area contributed by atoms with Crippen molar-refractivity contribution in [3.8, 4) is 0 Å². The Morgan fingerprint density at radius 3 is 2.54 bits per heavy atom. The van der Waals surface area contributed by atoms with Gasteiger partial charge in [0, 0.05) is 24.8 Å². The molecule has 142 valence electrons. The number of piperidine rings is 1. The normalized spacial score (nSPS) is 16.1. The summed E-state index contributed by atoms with van der Waals surface area (Å²) in [5.41, 5.74) is 0.903. The minimum Gasteiger partial charge on any atom is -0.352 e. The zero-order chi connectivity index (χ0) is 19.1. The van der Waals surface area contributed by atoms with Crippen molar-refractivity contribution in [2.75, 3.05) is 18.0 Å². The molecule has 12 heteroatoms. The lowest BCUT2D eigenvalue weighted by Gasteiger charge is -2.32. The molecule has 0 saturated carbocycles. The smallest absolute Gasteiger partial charge is 0.269 e. The number of nitrogens with zero attached hydrogens (tertiary/aromatic N) is 2. The molecule has 0 aliphatic carbocycles. The predicted molar refractivity (Wildman–Crippen MR) is 102 cm³/mol. The maximum absolute atomic E-state index is 12.4. The number of H-pyrrole nitrogens is 1. The van der Waals surface area contributed by atoms with Crippen LogP contribution in [0.5, 0.6) is 0 Å². The van der Waals surface area contributed by atoms with Crippen molar-refractivity contribution in [1.29, 1.82) is 0 Å². The Balaban J connectivity index is 1.59. The first kappa shape index (κ1) is 19.4. The van der Waals surface area contributed by atoms with Crippen LogP contribution in [-0.4, -0.2) is 43.4 Å². The Hall–Kier alpha value is -1.33. The van der Waals surface area contributed by atoms with Crippen molar-refractivity contribution in [1.82, 2.24) is 15.3 Å². The molecular weight excluding hydrogens is 421 g/mol. The number of amides is 1. The van der Waals surface area contributed by atoms with E-state index in [0.717, 1.165) is 11.3 Å². The molecule has 0 spiro atoms. The molecule has 0 unspecified atom stereocenters. The molecule has 1 fully saturated rings. The number of carbonyl (C=O) groups is 1. The highest BCUT2D eigenvalue weighted by Gasteiger charge is 2.26. The van der Waals surface area contributed by atoms with Gasteiger partial charge in [0.15, 0.2) is 9.34 Å². The maximum atomic E-state index is 12.4. The fourth-order valence-corrected chi connectivity index (χ4v) is 4.74. The summed E-state index contributed by atoms with van der Waals surface area (Å²) in [5.74, 6) is -0.297. The van der Waals surface area contributed by atoms with Crippen LogP contribution >= 0.6 is 34.5 Å². The van der Waals surface area contributed by atoms with Gasteiger partial charge in [0.25, 0.3) is 5.91 Å². The zero-order valence-electron chi connectivity index (χ0n) is 13.8. The van der Waals surface area contributed by atoms with Crippen LogP contribution in [0.3, 0.4) is 0 Å². The minimum absolute atomic E-state index is 0.0186. The third-order valence-corrected chi connectivity index (χ3v) is 7.55. The number of sulfonamides is 1. The van der Waals surface area contributed by atoms with Gasteiger partial charge in [0.2, 0.25) is 10.0 Å². The highest BCUT2D eigenvalue weighted by Crippen LogP contribution is 2.30. The molecular formula is C14H17Cl2N5O3S2. The van der Waals surface area contributed by atoms with Gasteiger partial charge in [-0.25, -0.2) is 18.5 Å². The largest absolute Gasteiger partial charge is 0.352 e. The Kier molecular flexibility index (Phi) is 5.50. The van der Waals surface area contributed by atoms with E-state index in [2.05, 4.69) is 15.3 Å². The summed E-state index contributed by atoms with van der Waals surface area (Å²) in [6.45, 7) is 3.02. The van der Waals surface area contributed by atoms with Gasteiger partial charge in [-0.05, 0) is 19.8 Å². The van der Waals surface area contributed by atoms with Gasteiger partial charge in [0.1, 0.15) is 5.69 Å². The predicted octanol–water partition coefficient (Wildman–Crippen LogP) is 2.13. The van der Waals surface area contributed by atoms with E-state index in [0.29, 0.717) is 41.8 Å². The summed E-state index contributed by atoms with van der Waals surface area (Å²) in [7, 11) is -3.74. The SMILES string of the molecule is Cc1[nH]c(C(=O)NC2CCN(c3ncc(S(N)(=O)=O)s3)CC2)c(Cl)c1Cl. The summed E-state index contributed by atoms with van der Waals surface area (Å²) in [4.78, 5) is 21.4. The number of nitrogens with two attached hydrogens (primary N) is 1. The fraction of sp³-hybridized carbons (Fsp3) is 0.429. The van der Waals surface area contributed by atoms with E-state index in [9.17, 15) is 13.2 Å². The first-order valence-electron chi connectivity index (χ1n) is 7.75. The average Bonchev–Trinajstić information content (AvgIpc) is 3.17. The summed E-state index contributed by atoms with van der Waals surface area (Å²) in [6.07, 6.45) is 2.66. The highest BCUT2D eigenvalue weighted by atomic mass is 35.5. The molecule has 4 N–H and O–H groups in total. The van der Waals surface area contributed by atoms with Crippen molar-refractivity contribution in [2.24, 2.45) is 5.14 Å². The van der Waals surface area contributed by atoms with E-state index < -0.39 is 10.0 Å². The first-order chi connectivity index (χ1) is 12.2. The number of nitrogens with one attached hydrogen (secondary N) is 2. The number of aromatic amines is 1. The van der Waals surface area contributed by atoms with E-state index in [4.69, 9.17) is 28.3 Å². The summed E-state index contributed by atoms with van der Waals surface area (Å²) in [5, 5.41) is 9.23.